The van der Waals surface area contributed by atoms with E-state index in [4.69, 9.17) is 10.1 Å². The third kappa shape index (κ3) is 2.81. The average molecular weight is 397 g/mol. The molecule has 1 saturated heterocycles. The summed E-state index contributed by atoms with van der Waals surface area (Å²) in [6, 6.07) is 9.27. The van der Waals surface area contributed by atoms with E-state index in [9.17, 15) is 9.59 Å². The second kappa shape index (κ2) is 7.18. The molecule has 4 rings (SSSR count). The van der Waals surface area contributed by atoms with Crippen LogP contribution in [0, 0.1) is 0 Å². The van der Waals surface area contributed by atoms with Gasteiger partial charge in [0.2, 0.25) is 5.96 Å². The summed E-state index contributed by atoms with van der Waals surface area (Å²) in [5, 5.41) is 9.14. The summed E-state index contributed by atoms with van der Waals surface area (Å²) in [6.45, 7) is 6.28. The van der Waals surface area contributed by atoms with Gasteiger partial charge in [0.25, 0.3) is 5.91 Å². The first-order chi connectivity index (χ1) is 13.9. The van der Waals surface area contributed by atoms with Crippen molar-refractivity contribution in [3.8, 4) is 0 Å². The van der Waals surface area contributed by atoms with Crippen molar-refractivity contribution in [1.29, 1.82) is 0 Å². The normalized spacial score (nSPS) is 24.9. The highest BCUT2D eigenvalue weighted by Crippen LogP contribution is 2.41. The molecule has 0 aromatic heterocycles. The number of guanidine groups is 1. The van der Waals surface area contributed by atoms with Gasteiger partial charge in [-0.2, -0.15) is 0 Å². The lowest BCUT2D eigenvalue weighted by Crippen LogP contribution is -2.64. The number of aliphatic hydroxyl groups is 1. The Balaban J connectivity index is 1.71. The number of nitrogens with zero attached hydrogens (tertiary/aromatic N) is 5. The highest BCUT2D eigenvalue weighted by Gasteiger charge is 2.56. The lowest BCUT2D eigenvalue weighted by atomic mass is 10.1. The predicted molar refractivity (Wildman–Crippen MR) is 108 cm³/mol. The van der Waals surface area contributed by atoms with Gasteiger partial charge < -0.3 is 14.9 Å². The van der Waals surface area contributed by atoms with Crippen LogP contribution < -0.4 is 0 Å². The van der Waals surface area contributed by atoms with E-state index in [0.29, 0.717) is 12.4 Å². The molecular formula is C21H27N5O3. The Labute approximate surface area is 170 Å². The summed E-state index contributed by atoms with van der Waals surface area (Å²) >= 11 is 0. The van der Waals surface area contributed by atoms with Crippen molar-refractivity contribution in [2.75, 3.05) is 20.2 Å². The monoisotopic (exact) mass is 397 g/mol. The maximum Gasteiger partial charge on any atom is 0.328 e. The average Bonchev–Trinajstić information content (AvgIpc) is 3.22. The van der Waals surface area contributed by atoms with Crippen molar-refractivity contribution < 1.29 is 14.7 Å². The number of carbonyl (C=O) groups excluding carboxylic acids is 2. The Morgan fingerprint density at radius 1 is 1.14 bits per heavy atom. The zero-order valence-corrected chi connectivity index (χ0v) is 17.2. The Morgan fingerprint density at radius 2 is 1.83 bits per heavy atom. The number of hydrogen-bond acceptors (Lipinski definition) is 6. The molecule has 1 fully saturated rings. The number of amides is 3. The summed E-state index contributed by atoms with van der Waals surface area (Å²) in [6.07, 6.45) is -0.189. The number of benzene rings is 1. The van der Waals surface area contributed by atoms with Crippen LogP contribution >= 0.6 is 0 Å². The molecule has 3 atom stereocenters. The number of imide groups is 1. The number of aliphatic hydroxyl groups excluding tert-OH is 1. The number of likely N-dealkylation sites (N-methyl/N-ethyl adjacent to an activating group) is 1. The minimum atomic E-state index is -0.575. The molecule has 154 valence electrons. The second-order valence-corrected chi connectivity index (χ2v) is 7.75. The van der Waals surface area contributed by atoms with Crippen LogP contribution in [0.2, 0.25) is 0 Å². The topological polar surface area (TPSA) is 79.7 Å². The lowest BCUT2D eigenvalue weighted by Gasteiger charge is -2.40. The molecule has 3 aliphatic rings. The van der Waals surface area contributed by atoms with Crippen LogP contribution in [0.4, 0.5) is 4.79 Å². The first-order valence-corrected chi connectivity index (χ1v) is 9.96. The molecule has 0 bridgehead atoms. The van der Waals surface area contributed by atoms with Gasteiger partial charge in [0.1, 0.15) is 0 Å². The Hall–Kier alpha value is -2.87. The number of fused-ring (bicyclic) bond motifs is 3. The SMILES string of the molecule is CC1=C(C)N2C(=NC3C2C(=O)N(CCCO)C(=O)N3C)N1C(C)c1ccccc1. The molecule has 3 unspecified atom stereocenters. The van der Waals surface area contributed by atoms with Crippen LogP contribution in [0.3, 0.4) is 0 Å². The minimum absolute atomic E-state index is 0.0386. The maximum absolute atomic E-state index is 13.3. The fourth-order valence-electron chi connectivity index (χ4n) is 4.42. The van der Waals surface area contributed by atoms with Crippen molar-refractivity contribution in [1.82, 2.24) is 19.6 Å². The highest BCUT2D eigenvalue weighted by atomic mass is 16.3. The molecule has 3 aliphatic heterocycles. The maximum atomic E-state index is 13.3. The predicted octanol–water partition coefficient (Wildman–Crippen LogP) is 1.96. The van der Waals surface area contributed by atoms with Gasteiger partial charge in [-0.25, -0.2) is 9.79 Å². The molecule has 0 saturated carbocycles. The van der Waals surface area contributed by atoms with Crippen molar-refractivity contribution in [2.45, 2.75) is 45.4 Å². The lowest BCUT2D eigenvalue weighted by molar-refractivity contribution is -0.137. The molecule has 0 radical (unpaired) electrons. The summed E-state index contributed by atoms with van der Waals surface area (Å²) in [5.74, 6) is 0.454. The van der Waals surface area contributed by atoms with Gasteiger partial charge in [-0.3, -0.25) is 14.6 Å². The van der Waals surface area contributed by atoms with E-state index in [1.807, 2.05) is 36.9 Å². The van der Waals surface area contributed by atoms with Crippen LogP contribution in [0.15, 0.2) is 46.7 Å². The molecule has 8 heteroatoms. The fourth-order valence-corrected chi connectivity index (χ4v) is 4.42. The first kappa shape index (κ1) is 19.4. The number of rotatable bonds is 5. The van der Waals surface area contributed by atoms with Gasteiger partial charge in [-0.1, -0.05) is 30.3 Å². The molecule has 1 aromatic carbocycles. The Kier molecular flexibility index (Phi) is 4.82. The smallest absolute Gasteiger partial charge is 0.328 e. The van der Waals surface area contributed by atoms with Crippen molar-refractivity contribution >= 4 is 17.9 Å². The van der Waals surface area contributed by atoms with E-state index in [2.05, 4.69) is 24.0 Å². The molecule has 8 nitrogen and oxygen atoms in total. The molecule has 0 spiro atoms. The van der Waals surface area contributed by atoms with E-state index < -0.39 is 12.2 Å². The number of hydrogen-bond donors (Lipinski definition) is 1. The number of allylic oxidation sites excluding steroid dienone is 2. The molecule has 0 aliphatic carbocycles. The molecule has 1 aromatic rings. The minimum Gasteiger partial charge on any atom is -0.396 e. The van der Waals surface area contributed by atoms with E-state index in [1.165, 1.54) is 9.80 Å². The standard InChI is InChI=1S/C21H27N5O3/c1-13-14(2)26-17-18(23(4)21(29)24(19(17)28)11-8-12-27)22-20(26)25(13)15(3)16-9-6-5-7-10-16/h5-7,9-10,15,17-18,27H,8,11-12H2,1-4H3. The quantitative estimate of drug-likeness (QED) is 0.822. The van der Waals surface area contributed by atoms with Gasteiger partial charge in [-0.15, -0.1) is 0 Å². The van der Waals surface area contributed by atoms with Gasteiger partial charge >= 0.3 is 6.03 Å². The summed E-state index contributed by atoms with van der Waals surface area (Å²) in [5.41, 5.74) is 3.17. The van der Waals surface area contributed by atoms with Crippen molar-refractivity contribution in [2.24, 2.45) is 4.99 Å². The van der Waals surface area contributed by atoms with Crippen LogP contribution in [0.25, 0.3) is 0 Å². The largest absolute Gasteiger partial charge is 0.396 e. The first-order valence-electron chi connectivity index (χ1n) is 9.96. The Morgan fingerprint density at radius 3 is 2.48 bits per heavy atom. The number of aliphatic imine (C=N–C) groups is 1. The fraction of sp³-hybridized carbons (Fsp3) is 0.476. The molecule has 29 heavy (non-hydrogen) atoms. The third-order valence-electron chi connectivity index (χ3n) is 6.14. The summed E-state index contributed by atoms with van der Waals surface area (Å²) in [4.78, 5) is 37.7. The van der Waals surface area contributed by atoms with Crippen LogP contribution in [0.1, 0.15) is 38.8 Å². The van der Waals surface area contributed by atoms with Gasteiger partial charge in [0.05, 0.1) is 6.04 Å². The van der Waals surface area contributed by atoms with E-state index in [-0.39, 0.29) is 31.1 Å². The number of carbonyl (C=O) groups is 2. The molecule has 3 amide bonds. The summed E-state index contributed by atoms with van der Waals surface area (Å²) in [7, 11) is 1.68. The van der Waals surface area contributed by atoms with Gasteiger partial charge in [0.15, 0.2) is 12.2 Å². The Bertz CT molecular complexity index is 897. The molecule has 3 heterocycles. The van der Waals surface area contributed by atoms with Crippen LogP contribution in [-0.2, 0) is 4.79 Å². The summed E-state index contributed by atoms with van der Waals surface area (Å²) < 4.78 is 0. The van der Waals surface area contributed by atoms with Crippen molar-refractivity contribution in [3.05, 3.63) is 47.3 Å². The highest BCUT2D eigenvalue weighted by molar-refractivity contribution is 6.05. The zero-order chi connectivity index (χ0) is 20.9. The third-order valence-corrected chi connectivity index (χ3v) is 6.14. The van der Waals surface area contributed by atoms with Gasteiger partial charge in [0, 0.05) is 31.6 Å². The molecular weight excluding hydrogens is 370 g/mol. The van der Waals surface area contributed by atoms with E-state index in [0.717, 1.165) is 17.0 Å². The zero-order valence-electron chi connectivity index (χ0n) is 17.2. The molecule has 1 N–H and O–H groups in total. The van der Waals surface area contributed by atoms with Crippen LogP contribution in [-0.4, -0.2) is 75.0 Å². The van der Waals surface area contributed by atoms with Gasteiger partial charge in [-0.05, 0) is 32.8 Å². The second-order valence-electron chi connectivity index (χ2n) is 7.75. The van der Waals surface area contributed by atoms with E-state index >= 15 is 0 Å². The number of urea groups is 1. The van der Waals surface area contributed by atoms with E-state index in [1.54, 1.807) is 7.05 Å². The van der Waals surface area contributed by atoms with Crippen LogP contribution in [0.5, 0.6) is 0 Å². The van der Waals surface area contributed by atoms with Crippen molar-refractivity contribution in [3.63, 3.8) is 0 Å².